The van der Waals surface area contributed by atoms with Gasteiger partial charge in [0, 0.05) is 26.7 Å². The van der Waals surface area contributed by atoms with Gasteiger partial charge < -0.3 is 15.4 Å². The average molecular weight is 310 g/mol. The second kappa shape index (κ2) is 5.41. The molecule has 9 heteroatoms. The summed E-state index contributed by atoms with van der Waals surface area (Å²) in [7, 11) is 2.74. The van der Waals surface area contributed by atoms with Crippen molar-refractivity contribution in [2.45, 2.75) is 12.5 Å². The zero-order chi connectivity index (χ0) is 16.7. The van der Waals surface area contributed by atoms with Crippen LogP contribution in [0.1, 0.15) is 17.4 Å². The van der Waals surface area contributed by atoms with Crippen molar-refractivity contribution in [1.29, 1.82) is 0 Å². The quantitative estimate of drug-likeness (QED) is 0.665. The van der Waals surface area contributed by atoms with Gasteiger partial charge in [-0.05, 0) is 6.92 Å². The molecule has 2 amide bonds. The molecule has 9 nitrogen and oxygen atoms in total. The van der Waals surface area contributed by atoms with Crippen LogP contribution in [0.4, 0.5) is 0 Å². The number of carbonyl (C=O) groups excluding carboxylic acids is 2. The molecule has 1 atom stereocenters. The van der Waals surface area contributed by atoms with Crippen LogP contribution >= 0.6 is 0 Å². The lowest BCUT2D eigenvalue weighted by atomic mass is 10.0. The minimum Gasteiger partial charge on any atom is -0.367 e. The van der Waals surface area contributed by atoms with Gasteiger partial charge in [-0.3, -0.25) is 23.5 Å². The van der Waals surface area contributed by atoms with Crippen molar-refractivity contribution in [2.75, 3.05) is 19.7 Å². The number of ether oxygens (including phenoxy) is 1. The monoisotopic (exact) mass is 310 g/mol. The number of carbonyl (C=O) groups is 2. The van der Waals surface area contributed by atoms with Crippen molar-refractivity contribution in [3.63, 3.8) is 0 Å². The van der Waals surface area contributed by atoms with Gasteiger partial charge in [-0.2, -0.15) is 0 Å². The molecule has 0 spiro atoms. The molecular weight excluding hydrogens is 292 g/mol. The van der Waals surface area contributed by atoms with E-state index in [1.807, 2.05) is 0 Å². The van der Waals surface area contributed by atoms with Crippen LogP contribution in [-0.2, 0) is 23.6 Å². The lowest BCUT2D eigenvalue weighted by molar-refractivity contribution is -0.150. The summed E-state index contributed by atoms with van der Waals surface area (Å²) in [6, 6.07) is 1.10. The second-order valence-electron chi connectivity index (χ2n) is 5.44. The Hall–Kier alpha value is -2.42. The standard InChI is InChI=1S/C13H18N4O5/c1-13(11(14)20)7-17(4-5-22-13)10(19)8-6-9(18)16(3)12(21)15(8)2/h6H,4-5,7H2,1-3H3,(H2,14,20)/t13-/m0/s1. The summed E-state index contributed by atoms with van der Waals surface area (Å²) in [6.07, 6.45) is 0. The first-order valence-corrected chi connectivity index (χ1v) is 6.67. The third-order valence-electron chi connectivity index (χ3n) is 3.83. The Kier molecular flexibility index (Phi) is 3.92. The summed E-state index contributed by atoms with van der Waals surface area (Å²) >= 11 is 0. The van der Waals surface area contributed by atoms with E-state index in [2.05, 4.69) is 0 Å². The fourth-order valence-electron chi connectivity index (χ4n) is 2.29. The molecule has 1 aromatic rings. The first-order valence-electron chi connectivity index (χ1n) is 6.67. The Bertz CT molecular complexity index is 750. The van der Waals surface area contributed by atoms with Crippen molar-refractivity contribution < 1.29 is 14.3 Å². The number of nitrogens with zero attached hydrogens (tertiary/aromatic N) is 3. The van der Waals surface area contributed by atoms with Gasteiger partial charge in [-0.1, -0.05) is 0 Å². The fourth-order valence-corrected chi connectivity index (χ4v) is 2.29. The Morgan fingerprint density at radius 2 is 1.91 bits per heavy atom. The van der Waals surface area contributed by atoms with E-state index in [1.165, 1.54) is 25.9 Å². The van der Waals surface area contributed by atoms with E-state index in [0.717, 1.165) is 15.2 Å². The summed E-state index contributed by atoms with van der Waals surface area (Å²) in [5.74, 6) is -1.20. The Labute approximate surface area is 125 Å². The smallest absolute Gasteiger partial charge is 0.331 e. The molecule has 2 heterocycles. The van der Waals surface area contributed by atoms with Crippen LogP contribution in [0.2, 0.25) is 0 Å². The van der Waals surface area contributed by atoms with Crippen LogP contribution in [0.3, 0.4) is 0 Å². The number of hydrogen-bond donors (Lipinski definition) is 1. The lowest BCUT2D eigenvalue weighted by Crippen LogP contribution is -2.58. The van der Waals surface area contributed by atoms with Gasteiger partial charge in [-0.15, -0.1) is 0 Å². The van der Waals surface area contributed by atoms with Gasteiger partial charge >= 0.3 is 5.69 Å². The highest BCUT2D eigenvalue weighted by Gasteiger charge is 2.39. The number of primary amides is 1. The van der Waals surface area contributed by atoms with Crippen molar-refractivity contribution in [1.82, 2.24) is 14.0 Å². The van der Waals surface area contributed by atoms with Crippen LogP contribution in [0, 0.1) is 0 Å². The van der Waals surface area contributed by atoms with Crippen LogP contribution in [0.25, 0.3) is 0 Å². The van der Waals surface area contributed by atoms with E-state index in [4.69, 9.17) is 10.5 Å². The Balaban J connectivity index is 2.39. The van der Waals surface area contributed by atoms with Gasteiger partial charge in [0.05, 0.1) is 13.2 Å². The van der Waals surface area contributed by atoms with E-state index >= 15 is 0 Å². The molecular formula is C13H18N4O5. The molecule has 0 bridgehead atoms. The maximum absolute atomic E-state index is 12.6. The van der Waals surface area contributed by atoms with Crippen LogP contribution < -0.4 is 17.0 Å². The first kappa shape index (κ1) is 16.0. The van der Waals surface area contributed by atoms with Gasteiger partial charge in [0.15, 0.2) is 5.60 Å². The minimum atomic E-state index is -1.29. The Morgan fingerprint density at radius 3 is 2.50 bits per heavy atom. The number of nitrogens with two attached hydrogens (primary N) is 1. The molecule has 0 radical (unpaired) electrons. The molecule has 1 aliphatic heterocycles. The summed E-state index contributed by atoms with van der Waals surface area (Å²) in [5, 5.41) is 0. The zero-order valence-electron chi connectivity index (χ0n) is 12.7. The topological polar surface area (TPSA) is 117 Å². The van der Waals surface area contributed by atoms with Gasteiger partial charge in [-0.25, -0.2) is 4.79 Å². The third-order valence-corrected chi connectivity index (χ3v) is 3.83. The zero-order valence-corrected chi connectivity index (χ0v) is 12.7. The Morgan fingerprint density at radius 1 is 1.27 bits per heavy atom. The molecule has 0 unspecified atom stereocenters. The highest BCUT2D eigenvalue weighted by Crippen LogP contribution is 2.18. The first-order chi connectivity index (χ1) is 10.2. The summed E-state index contributed by atoms with van der Waals surface area (Å²) in [5.41, 5.74) is 2.80. The second-order valence-corrected chi connectivity index (χ2v) is 5.44. The molecule has 1 saturated heterocycles. The van der Waals surface area contributed by atoms with Crippen LogP contribution in [0.15, 0.2) is 15.7 Å². The molecule has 0 aliphatic carbocycles. The van der Waals surface area contributed by atoms with Crippen molar-refractivity contribution in [2.24, 2.45) is 19.8 Å². The van der Waals surface area contributed by atoms with Gasteiger partial charge in [0.1, 0.15) is 5.69 Å². The summed E-state index contributed by atoms with van der Waals surface area (Å²) < 4.78 is 7.34. The predicted octanol–water partition coefficient (Wildman–Crippen LogP) is -2.20. The van der Waals surface area contributed by atoms with E-state index in [9.17, 15) is 19.2 Å². The molecule has 1 aromatic heterocycles. The van der Waals surface area contributed by atoms with Crippen molar-refractivity contribution in [3.05, 3.63) is 32.6 Å². The number of amides is 2. The largest absolute Gasteiger partial charge is 0.367 e. The molecule has 1 fully saturated rings. The normalized spacial score (nSPS) is 21.7. The molecule has 2 N–H and O–H groups in total. The van der Waals surface area contributed by atoms with Gasteiger partial charge in [0.25, 0.3) is 17.4 Å². The van der Waals surface area contributed by atoms with Gasteiger partial charge in [0.2, 0.25) is 0 Å². The summed E-state index contributed by atoms with van der Waals surface area (Å²) in [6.45, 7) is 1.84. The minimum absolute atomic E-state index is 0.0371. The summed E-state index contributed by atoms with van der Waals surface area (Å²) in [4.78, 5) is 49.0. The molecule has 0 aromatic carbocycles. The van der Waals surface area contributed by atoms with Crippen LogP contribution in [0.5, 0.6) is 0 Å². The molecule has 2 rings (SSSR count). The maximum atomic E-state index is 12.6. The van der Waals surface area contributed by atoms with E-state index in [-0.39, 0.29) is 25.4 Å². The highest BCUT2D eigenvalue weighted by molar-refractivity contribution is 5.93. The molecule has 1 aliphatic rings. The SMILES string of the molecule is Cn1c(C(=O)N2CCO[C@](C)(C(N)=O)C2)cc(=O)n(C)c1=O. The van der Waals surface area contributed by atoms with Crippen LogP contribution in [-0.4, -0.2) is 51.1 Å². The molecule has 120 valence electrons. The predicted molar refractivity (Wildman–Crippen MR) is 76.4 cm³/mol. The fraction of sp³-hybridized carbons (Fsp3) is 0.538. The van der Waals surface area contributed by atoms with Crippen molar-refractivity contribution in [3.8, 4) is 0 Å². The lowest BCUT2D eigenvalue weighted by Gasteiger charge is -2.38. The molecule has 22 heavy (non-hydrogen) atoms. The third kappa shape index (κ3) is 2.54. The number of aromatic nitrogens is 2. The highest BCUT2D eigenvalue weighted by atomic mass is 16.5. The van der Waals surface area contributed by atoms with Crippen molar-refractivity contribution >= 4 is 11.8 Å². The van der Waals surface area contributed by atoms with E-state index in [0.29, 0.717) is 0 Å². The maximum Gasteiger partial charge on any atom is 0.331 e. The number of morpholine rings is 1. The van der Waals surface area contributed by atoms with E-state index < -0.39 is 28.7 Å². The molecule has 0 saturated carbocycles. The number of rotatable bonds is 2. The van der Waals surface area contributed by atoms with E-state index in [1.54, 1.807) is 0 Å². The number of hydrogen-bond acceptors (Lipinski definition) is 5. The average Bonchev–Trinajstić information content (AvgIpc) is 2.48.